The van der Waals surface area contributed by atoms with E-state index >= 15 is 0 Å². The Morgan fingerprint density at radius 2 is 2.36 bits per heavy atom. The number of rotatable bonds is 1. The van der Waals surface area contributed by atoms with Crippen molar-refractivity contribution < 1.29 is 15.0 Å². The Kier molecular flexibility index (Phi) is 1.32. The van der Waals surface area contributed by atoms with Gasteiger partial charge in [0.15, 0.2) is 0 Å². The molecule has 0 spiro atoms. The van der Waals surface area contributed by atoms with Crippen molar-refractivity contribution in [2.75, 3.05) is 13.2 Å². The molecule has 4 heteroatoms. The lowest BCUT2D eigenvalue weighted by Gasteiger charge is -2.22. The van der Waals surface area contributed by atoms with E-state index in [4.69, 9.17) is 10.2 Å². The smallest absolute Gasteiger partial charge is 0.407 e. The number of hydrogen-bond acceptors (Lipinski definition) is 2. The van der Waals surface area contributed by atoms with Crippen molar-refractivity contribution in [3.05, 3.63) is 0 Å². The molecule has 3 atom stereocenters. The average molecular weight is 157 g/mol. The molecule has 2 aliphatic rings. The maximum atomic E-state index is 10.6. The minimum Gasteiger partial charge on any atom is -0.465 e. The Balaban J connectivity index is 2.06. The predicted molar refractivity (Wildman–Crippen MR) is 37.2 cm³/mol. The van der Waals surface area contributed by atoms with E-state index in [1.165, 1.54) is 4.90 Å². The standard InChI is InChI=1S/C7H11NO3/c9-3-6-5-1-4(5)2-8(6)7(10)11/h4-6,9H,1-3H2,(H,10,11)/t4-,5-,6+/m1/s1. The lowest BCUT2D eigenvalue weighted by Crippen LogP contribution is -2.39. The van der Waals surface area contributed by atoms with Gasteiger partial charge in [0.05, 0.1) is 12.6 Å². The summed E-state index contributed by atoms with van der Waals surface area (Å²) in [6, 6.07) is -0.113. The second-order valence-corrected chi connectivity index (χ2v) is 3.34. The molecule has 11 heavy (non-hydrogen) atoms. The number of hydrogen-bond donors (Lipinski definition) is 2. The van der Waals surface area contributed by atoms with Gasteiger partial charge in [-0.25, -0.2) is 4.79 Å². The zero-order valence-corrected chi connectivity index (χ0v) is 6.10. The van der Waals surface area contributed by atoms with E-state index in [0.29, 0.717) is 18.4 Å². The van der Waals surface area contributed by atoms with Crippen molar-refractivity contribution in [2.45, 2.75) is 12.5 Å². The molecule has 2 fully saturated rings. The summed E-state index contributed by atoms with van der Waals surface area (Å²) in [6.07, 6.45) is 0.214. The van der Waals surface area contributed by atoms with Gasteiger partial charge in [-0.3, -0.25) is 0 Å². The third-order valence-electron chi connectivity index (χ3n) is 2.74. The molecule has 1 aliphatic carbocycles. The summed E-state index contributed by atoms with van der Waals surface area (Å²) in [5.41, 5.74) is 0. The molecule has 0 radical (unpaired) electrons. The first-order valence-corrected chi connectivity index (χ1v) is 3.84. The van der Waals surface area contributed by atoms with Crippen molar-refractivity contribution in [1.82, 2.24) is 4.90 Å². The maximum absolute atomic E-state index is 10.6. The number of likely N-dealkylation sites (tertiary alicyclic amines) is 1. The van der Waals surface area contributed by atoms with Gasteiger partial charge in [0.2, 0.25) is 0 Å². The second kappa shape index (κ2) is 2.11. The van der Waals surface area contributed by atoms with Crippen LogP contribution in [0, 0.1) is 11.8 Å². The van der Waals surface area contributed by atoms with E-state index in [9.17, 15) is 4.79 Å². The highest BCUT2D eigenvalue weighted by molar-refractivity contribution is 5.66. The van der Waals surface area contributed by atoms with Gasteiger partial charge in [-0.05, 0) is 18.3 Å². The Hall–Kier alpha value is -0.770. The van der Waals surface area contributed by atoms with Crippen LogP contribution in [0.5, 0.6) is 0 Å². The quantitative estimate of drug-likeness (QED) is 0.562. The summed E-state index contributed by atoms with van der Waals surface area (Å²) in [5, 5.41) is 17.5. The summed E-state index contributed by atoms with van der Waals surface area (Å²) in [7, 11) is 0. The molecule has 2 rings (SSSR count). The summed E-state index contributed by atoms with van der Waals surface area (Å²) in [5.74, 6) is 0.999. The maximum Gasteiger partial charge on any atom is 0.407 e. The van der Waals surface area contributed by atoms with Crippen LogP contribution in [-0.2, 0) is 0 Å². The van der Waals surface area contributed by atoms with Crippen LogP contribution in [0.2, 0.25) is 0 Å². The molecule has 0 aromatic rings. The van der Waals surface area contributed by atoms with Crippen LogP contribution in [-0.4, -0.2) is 40.4 Å². The molecule has 1 aliphatic heterocycles. The van der Waals surface area contributed by atoms with Crippen LogP contribution < -0.4 is 0 Å². The van der Waals surface area contributed by atoms with E-state index in [0.717, 1.165) is 6.42 Å². The molecule has 0 unspecified atom stereocenters. The summed E-state index contributed by atoms with van der Waals surface area (Å²) in [4.78, 5) is 11.9. The molecule has 2 N–H and O–H groups in total. The lowest BCUT2D eigenvalue weighted by molar-refractivity contribution is 0.106. The Morgan fingerprint density at radius 3 is 2.82 bits per heavy atom. The molecule has 1 heterocycles. The van der Waals surface area contributed by atoms with E-state index in [-0.39, 0.29) is 12.6 Å². The van der Waals surface area contributed by atoms with Gasteiger partial charge >= 0.3 is 6.09 Å². The number of amides is 1. The average Bonchev–Trinajstić information content (AvgIpc) is 2.63. The van der Waals surface area contributed by atoms with Gasteiger partial charge in [-0.1, -0.05) is 0 Å². The first kappa shape index (κ1) is 6.91. The number of carboxylic acid groups (broad SMARTS) is 1. The van der Waals surface area contributed by atoms with Crippen molar-refractivity contribution in [1.29, 1.82) is 0 Å². The third-order valence-corrected chi connectivity index (χ3v) is 2.74. The molecule has 0 bridgehead atoms. The minimum absolute atomic E-state index is 0.0204. The lowest BCUT2D eigenvalue weighted by atomic mass is 10.2. The molecule has 62 valence electrons. The normalized spacial score (nSPS) is 40.5. The first-order chi connectivity index (χ1) is 5.24. The summed E-state index contributed by atoms with van der Waals surface area (Å²) in [6.45, 7) is 0.610. The SMILES string of the molecule is O=C(O)N1C[C@H]2C[C@H]2[C@@H]1CO. The molecule has 1 amide bonds. The van der Waals surface area contributed by atoms with Crippen LogP contribution in [0.25, 0.3) is 0 Å². The highest BCUT2D eigenvalue weighted by atomic mass is 16.4. The summed E-state index contributed by atoms with van der Waals surface area (Å²) >= 11 is 0. The van der Waals surface area contributed by atoms with E-state index in [1.54, 1.807) is 0 Å². The van der Waals surface area contributed by atoms with Crippen LogP contribution in [0.1, 0.15) is 6.42 Å². The minimum atomic E-state index is -0.892. The first-order valence-electron chi connectivity index (χ1n) is 3.84. The van der Waals surface area contributed by atoms with Crippen molar-refractivity contribution in [2.24, 2.45) is 11.8 Å². The van der Waals surface area contributed by atoms with Gasteiger partial charge in [-0.15, -0.1) is 0 Å². The second-order valence-electron chi connectivity index (χ2n) is 3.34. The van der Waals surface area contributed by atoms with Crippen molar-refractivity contribution in [3.63, 3.8) is 0 Å². The van der Waals surface area contributed by atoms with Crippen LogP contribution in [0.15, 0.2) is 0 Å². The number of aliphatic hydroxyl groups excluding tert-OH is 1. The summed E-state index contributed by atoms with van der Waals surface area (Å²) < 4.78 is 0. The van der Waals surface area contributed by atoms with Gasteiger partial charge in [0, 0.05) is 6.54 Å². The third kappa shape index (κ3) is 0.894. The number of aliphatic hydroxyl groups is 1. The number of piperidine rings is 1. The van der Waals surface area contributed by atoms with Gasteiger partial charge in [0.25, 0.3) is 0 Å². The topological polar surface area (TPSA) is 60.8 Å². The van der Waals surface area contributed by atoms with Crippen LogP contribution in [0.3, 0.4) is 0 Å². The monoisotopic (exact) mass is 157 g/mol. The molecule has 1 saturated carbocycles. The Bertz CT molecular complexity index is 194. The zero-order valence-electron chi connectivity index (χ0n) is 6.10. The highest BCUT2D eigenvalue weighted by Crippen LogP contribution is 2.49. The van der Waals surface area contributed by atoms with E-state index < -0.39 is 6.09 Å². The molecule has 1 saturated heterocycles. The largest absolute Gasteiger partial charge is 0.465 e. The number of nitrogens with zero attached hydrogens (tertiary/aromatic N) is 1. The molecule has 0 aromatic heterocycles. The van der Waals surface area contributed by atoms with Crippen LogP contribution >= 0.6 is 0 Å². The van der Waals surface area contributed by atoms with Crippen molar-refractivity contribution >= 4 is 6.09 Å². The van der Waals surface area contributed by atoms with Crippen molar-refractivity contribution in [3.8, 4) is 0 Å². The van der Waals surface area contributed by atoms with Gasteiger partial charge in [-0.2, -0.15) is 0 Å². The molecule has 4 nitrogen and oxygen atoms in total. The number of carbonyl (C=O) groups is 1. The Morgan fingerprint density at radius 1 is 1.64 bits per heavy atom. The molecular formula is C7H11NO3. The van der Waals surface area contributed by atoms with Gasteiger partial charge in [0.1, 0.15) is 0 Å². The van der Waals surface area contributed by atoms with E-state index in [1.807, 2.05) is 0 Å². The van der Waals surface area contributed by atoms with Crippen LogP contribution in [0.4, 0.5) is 4.79 Å². The fourth-order valence-corrected chi connectivity index (χ4v) is 2.03. The van der Waals surface area contributed by atoms with E-state index in [2.05, 4.69) is 0 Å². The predicted octanol–water partition coefficient (Wildman–Crippen LogP) is -0.0230. The Labute approximate surface area is 64.4 Å². The van der Waals surface area contributed by atoms with Gasteiger partial charge < -0.3 is 15.1 Å². The zero-order chi connectivity index (χ0) is 8.01. The highest BCUT2D eigenvalue weighted by Gasteiger charge is 2.53. The molecular weight excluding hydrogens is 146 g/mol. The fraction of sp³-hybridized carbons (Fsp3) is 0.857. The molecule has 0 aromatic carbocycles. The fourth-order valence-electron chi connectivity index (χ4n) is 2.03. The number of fused-ring (bicyclic) bond motifs is 1.